The zero-order chi connectivity index (χ0) is 18.4. The van der Waals surface area contributed by atoms with Crippen molar-refractivity contribution in [1.29, 1.82) is 5.41 Å². The van der Waals surface area contributed by atoms with E-state index in [9.17, 15) is 5.11 Å². The minimum Gasteiger partial charge on any atom is -0.509 e. The predicted octanol–water partition coefficient (Wildman–Crippen LogP) is 4.64. The third-order valence-corrected chi connectivity index (χ3v) is 4.98. The SMILES string of the molecule is COc1ccc2nc(C3=C(O)CN(c4ccc(Cl)c(Cl)c4)C3=N)[nH]c2c1. The van der Waals surface area contributed by atoms with Gasteiger partial charge in [0.15, 0.2) is 0 Å². The normalized spacial score (nSPS) is 14.6. The smallest absolute Gasteiger partial charge is 0.145 e. The number of fused-ring (bicyclic) bond motifs is 1. The summed E-state index contributed by atoms with van der Waals surface area (Å²) in [5.41, 5.74) is 2.51. The number of methoxy groups -OCH3 is 1. The number of aliphatic hydroxyl groups is 1. The highest BCUT2D eigenvalue weighted by molar-refractivity contribution is 6.42. The number of halogens is 2. The van der Waals surface area contributed by atoms with Gasteiger partial charge in [0.25, 0.3) is 0 Å². The number of anilines is 1. The summed E-state index contributed by atoms with van der Waals surface area (Å²) in [4.78, 5) is 9.27. The Morgan fingerprint density at radius 3 is 2.73 bits per heavy atom. The van der Waals surface area contributed by atoms with Crippen molar-refractivity contribution in [3.05, 3.63) is 58.0 Å². The number of H-pyrrole nitrogens is 1. The molecule has 0 bridgehead atoms. The molecule has 1 aliphatic rings. The highest BCUT2D eigenvalue weighted by Gasteiger charge is 2.31. The van der Waals surface area contributed by atoms with Crippen LogP contribution in [-0.2, 0) is 0 Å². The van der Waals surface area contributed by atoms with Crippen LogP contribution in [-0.4, -0.2) is 34.6 Å². The molecule has 0 saturated heterocycles. The second-order valence-electron chi connectivity index (χ2n) is 5.82. The molecule has 132 valence electrons. The number of nitrogens with zero attached hydrogens (tertiary/aromatic N) is 2. The van der Waals surface area contributed by atoms with Crippen LogP contribution < -0.4 is 9.64 Å². The zero-order valence-electron chi connectivity index (χ0n) is 13.7. The van der Waals surface area contributed by atoms with E-state index in [1.807, 2.05) is 18.2 Å². The van der Waals surface area contributed by atoms with Gasteiger partial charge < -0.3 is 19.7 Å². The molecule has 0 saturated carbocycles. The molecule has 0 unspecified atom stereocenters. The summed E-state index contributed by atoms with van der Waals surface area (Å²) in [5.74, 6) is 1.32. The van der Waals surface area contributed by atoms with E-state index in [2.05, 4.69) is 9.97 Å². The van der Waals surface area contributed by atoms with Gasteiger partial charge in [0.05, 0.1) is 40.3 Å². The minimum absolute atomic E-state index is 0.0621. The van der Waals surface area contributed by atoms with Crippen molar-refractivity contribution < 1.29 is 9.84 Å². The monoisotopic (exact) mass is 388 g/mol. The van der Waals surface area contributed by atoms with Crippen molar-refractivity contribution in [3.63, 3.8) is 0 Å². The Morgan fingerprint density at radius 1 is 1.19 bits per heavy atom. The second-order valence-corrected chi connectivity index (χ2v) is 6.64. The number of imidazole rings is 1. The average molecular weight is 389 g/mol. The van der Waals surface area contributed by atoms with Crippen molar-refractivity contribution >= 4 is 51.3 Å². The summed E-state index contributed by atoms with van der Waals surface area (Å²) in [6, 6.07) is 10.5. The van der Waals surface area contributed by atoms with Crippen LogP contribution in [0.15, 0.2) is 42.2 Å². The van der Waals surface area contributed by atoms with Gasteiger partial charge in [-0.25, -0.2) is 4.98 Å². The molecular weight excluding hydrogens is 375 g/mol. The highest BCUT2D eigenvalue weighted by atomic mass is 35.5. The summed E-state index contributed by atoms with van der Waals surface area (Å²) in [6.45, 7) is 0.159. The molecule has 0 radical (unpaired) electrons. The quantitative estimate of drug-likeness (QED) is 0.609. The number of amidine groups is 1. The Hall–Kier alpha value is -2.70. The van der Waals surface area contributed by atoms with Crippen LogP contribution >= 0.6 is 23.2 Å². The van der Waals surface area contributed by atoms with Gasteiger partial charge in [0, 0.05) is 11.8 Å². The summed E-state index contributed by atoms with van der Waals surface area (Å²) in [5, 5.41) is 19.8. The van der Waals surface area contributed by atoms with Crippen molar-refractivity contribution in [2.75, 3.05) is 18.6 Å². The number of nitrogens with one attached hydrogen (secondary N) is 2. The standard InChI is InChI=1S/C18H14Cl2N4O2/c1-26-10-3-5-13-14(7-10)23-18(22-13)16-15(25)8-24(17(16)21)9-2-4-11(19)12(20)6-9/h2-7,21,25H,8H2,1H3,(H,22,23). The summed E-state index contributed by atoms with van der Waals surface area (Å²) in [7, 11) is 1.59. The molecule has 2 heterocycles. The van der Waals surface area contributed by atoms with Crippen molar-refractivity contribution in [2.24, 2.45) is 0 Å². The van der Waals surface area contributed by atoms with E-state index < -0.39 is 0 Å². The average Bonchev–Trinajstić information content (AvgIpc) is 3.16. The molecule has 4 rings (SSSR count). The van der Waals surface area contributed by atoms with Crippen LogP contribution in [0.25, 0.3) is 16.6 Å². The Morgan fingerprint density at radius 2 is 2.00 bits per heavy atom. The summed E-state index contributed by atoms with van der Waals surface area (Å²) in [6.07, 6.45) is 0. The number of ether oxygens (including phenoxy) is 1. The number of hydrogen-bond acceptors (Lipinski definition) is 4. The highest BCUT2D eigenvalue weighted by Crippen LogP contribution is 2.34. The van der Waals surface area contributed by atoms with Crippen molar-refractivity contribution in [2.45, 2.75) is 0 Å². The minimum atomic E-state index is 0.0621. The molecule has 1 aromatic heterocycles. The van der Waals surface area contributed by atoms with E-state index in [1.54, 1.807) is 30.2 Å². The third kappa shape index (κ3) is 2.67. The molecular formula is C18H14Cl2N4O2. The fraction of sp³-hybridized carbons (Fsp3) is 0.111. The summed E-state index contributed by atoms with van der Waals surface area (Å²) >= 11 is 12.0. The number of aliphatic hydroxyl groups excluding tert-OH is 1. The van der Waals surface area contributed by atoms with E-state index in [0.29, 0.717) is 32.9 Å². The molecule has 0 atom stereocenters. The molecule has 6 nitrogen and oxygen atoms in total. The lowest BCUT2D eigenvalue weighted by atomic mass is 10.2. The molecule has 3 N–H and O–H groups in total. The van der Waals surface area contributed by atoms with Crippen LogP contribution in [0.1, 0.15) is 5.82 Å². The lowest BCUT2D eigenvalue weighted by Gasteiger charge is -2.19. The fourth-order valence-corrected chi connectivity index (χ4v) is 3.23. The first kappa shape index (κ1) is 16.8. The van der Waals surface area contributed by atoms with Crippen LogP contribution in [0.3, 0.4) is 0 Å². The van der Waals surface area contributed by atoms with Crippen molar-refractivity contribution in [1.82, 2.24) is 9.97 Å². The maximum absolute atomic E-state index is 10.4. The van der Waals surface area contributed by atoms with E-state index in [4.69, 9.17) is 33.3 Å². The van der Waals surface area contributed by atoms with Gasteiger partial charge in [0.2, 0.25) is 0 Å². The molecule has 1 aliphatic heterocycles. The van der Waals surface area contributed by atoms with Gasteiger partial charge >= 0.3 is 0 Å². The first-order chi connectivity index (χ1) is 12.5. The van der Waals surface area contributed by atoms with E-state index in [-0.39, 0.29) is 18.1 Å². The molecule has 2 aromatic carbocycles. The number of aromatic amines is 1. The molecule has 26 heavy (non-hydrogen) atoms. The van der Waals surface area contributed by atoms with E-state index in [0.717, 1.165) is 11.0 Å². The molecule has 0 spiro atoms. The molecule has 0 fully saturated rings. The number of rotatable bonds is 3. The predicted molar refractivity (Wildman–Crippen MR) is 104 cm³/mol. The van der Waals surface area contributed by atoms with Crippen LogP contribution in [0.5, 0.6) is 5.75 Å². The summed E-state index contributed by atoms with van der Waals surface area (Å²) < 4.78 is 5.21. The van der Waals surface area contributed by atoms with Crippen LogP contribution in [0, 0.1) is 5.41 Å². The maximum atomic E-state index is 10.4. The lowest BCUT2D eigenvalue weighted by Crippen LogP contribution is -2.26. The molecule has 8 heteroatoms. The van der Waals surface area contributed by atoms with E-state index in [1.165, 1.54) is 0 Å². The molecule has 0 aliphatic carbocycles. The van der Waals surface area contributed by atoms with Gasteiger partial charge in [-0.15, -0.1) is 0 Å². The van der Waals surface area contributed by atoms with Gasteiger partial charge in [-0.05, 0) is 30.3 Å². The Labute approximate surface area is 159 Å². The Kier molecular flexibility index (Phi) is 4.01. The molecule has 3 aromatic rings. The van der Waals surface area contributed by atoms with Crippen LogP contribution in [0.2, 0.25) is 10.0 Å². The molecule has 0 amide bonds. The Bertz CT molecular complexity index is 1070. The first-order valence-electron chi connectivity index (χ1n) is 7.75. The topological polar surface area (TPSA) is 85.2 Å². The lowest BCUT2D eigenvalue weighted by molar-refractivity contribution is 0.411. The van der Waals surface area contributed by atoms with Gasteiger partial charge in [-0.3, -0.25) is 5.41 Å². The fourth-order valence-electron chi connectivity index (χ4n) is 2.94. The van der Waals surface area contributed by atoms with Gasteiger partial charge in [0.1, 0.15) is 23.2 Å². The third-order valence-electron chi connectivity index (χ3n) is 4.24. The number of aromatic nitrogens is 2. The Balaban J connectivity index is 1.71. The van der Waals surface area contributed by atoms with Crippen molar-refractivity contribution in [3.8, 4) is 5.75 Å². The van der Waals surface area contributed by atoms with Crippen LogP contribution in [0.4, 0.5) is 5.69 Å². The van der Waals surface area contributed by atoms with Gasteiger partial charge in [-0.1, -0.05) is 23.2 Å². The second kappa shape index (κ2) is 6.23. The largest absolute Gasteiger partial charge is 0.509 e. The maximum Gasteiger partial charge on any atom is 0.145 e. The van der Waals surface area contributed by atoms with E-state index >= 15 is 0 Å². The first-order valence-corrected chi connectivity index (χ1v) is 8.51. The number of hydrogen-bond donors (Lipinski definition) is 3. The zero-order valence-corrected chi connectivity index (χ0v) is 15.2. The number of benzene rings is 2. The van der Waals surface area contributed by atoms with Gasteiger partial charge in [-0.2, -0.15) is 0 Å².